The Morgan fingerprint density at radius 3 is 2.61 bits per heavy atom. The van der Waals surface area contributed by atoms with Gasteiger partial charge in [-0.3, -0.25) is 9.59 Å². The zero-order valence-corrected chi connectivity index (χ0v) is 9.60. The second-order valence-corrected chi connectivity index (χ2v) is 3.85. The van der Waals surface area contributed by atoms with Crippen LogP contribution in [-0.4, -0.2) is 31.3 Å². The van der Waals surface area contributed by atoms with E-state index in [4.69, 9.17) is 0 Å². The second-order valence-electron chi connectivity index (χ2n) is 3.85. The first-order valence-electron chi connectivity index (χ1n) is 5.23. The Bertz CT molecular complexity index is 541. The molecule has 0 bridgehead atoms. The number of anilines is 1. The molecule has 0 atom stereocenters. The first-order valence-corrected chi connectivity index (χ1v) is 5.23. The summed E-state index contributed by atoms with van der Waals surface area (Å²) in [4.78, 5) is 34.8. The van der Waals surface area contributed by atoms with E-state index < -0.39 is 17.7 Å². The van der Waals surface area contributed by atoms with Crippen molar-refractivity contribution in [1.82, 2.24) is 0 Å². The molecule has 1 aliphatic rings. The number of nitrogens with zero attached hydrogens (tertiary/aromatic N) is 1. The lowest BCUT2D eigenvalue weighted by Gasteiger charge is -2.15. The average Bonchev–Trinajstić information content (AvgIpc) is 2.67. The van der Waals surface area contributed by atoms with E-state index in [9.17, 15) is 18.8 Å². The predicted octanol–water partition coefficient (Wildman–Crippen LogP) is 0.918. The van der Waals surface area contributed by atoms with Gasteiger partial charge in [0.2, 0.25) is 5.91 Å². The van der Waals surface area contributed by atoms with E-state index in [-0.39, 0.29) is 30.0 Å². The van der Waals surface area contributed by atoms with Crippen molar-refractivity contribution in [3.8, 4) is 0 Å². The first-order chi connectivity index (χ1) is 8.52. The van der Waals surface area contributed by atoms with Crippen molar-refractivity contribution in [2.45, 2.75) is 6.42 Å². The number of esters is 1. The lowest BCUT2D eigenvalue weighted by atomic mass is 10.2. The highest BCUT2D eigenvalue weighted by molar-refractivity contribution is 6.15. The van der Waals surface area contributed by atoms with Gasteiger partial charge in [-0.2, -0.15) is 0 Å². The van der Waals surface area contributed by atoms with Crippen LogP contribution in [0.15, 0.2) is 18.2 Å². The molecular formula is C12H10FNO4. The fourth-order valence-electron chi connectivity index (χ4n) is 1.77. The third-order valence-electron chi connectivity index (χ3n) is 2.64. The average molecular weight is 251 g/mol. The number of hydrogen-bond acceptors (Lipinski definition) is 4. The summed E-state index contributed by atoms with van der Waals surface area (Å²) in [5.41, 5.74) is 0.0511. The van der Waals surface area contributed by atoms with Crippen LogP contribution in [0.3, 0.4) is 0 Å². The fourth-order valence-corrected chi connectivity index (χ4v) is 1.77. The summed E-state index contributed by atoms with van der Waals surface area (Å²) in [5, 5.41) is 0. The van der Waals surface area contributed by atoms with Crippen LogP contribution in [0.25, 0.3) is 0 Å². The maximum atomic E-state index is 13.8. The number of rotatable bonds is 2. The number of Topliss-reactive ketones (excluding diaryl/α,β-unsaturated/α-hetero) is 1. The predicted molar refractivity (Wildman–Crippen MR) is 59.7 cm³/mol. The summed E-state index contributed by atoms with van der Waals surface area (Å²) in [5.74, 6) is -2.09. The van der Waals surface area contributed by atoms with E-state index in [1.807, 2.05) is 0 Å². The van der Waals surface area contributed by atoms with Crippen LogP contribution in [0.2, 0.25) is 0 Å². The highest BCUT2D eigenvalue weighted by atomic mass is 19.1. The van der Waals surface area contributed by atoms with Gasteiger partial charge in [0.25, 0.3) is 0 Å². The molecule has 18 heavy (non-hydrogen) atoms. The SMILES string of the molecule is COC(=O)c1ccc(N2CC(=O)CC2=O)c(F)c1. The molecule has 6 heteroatoms. The van der Waals surface area contributed by atoms with Gasteiger partial charge in [0.1, 0.15) is 5.82 Å². The molecule has 0 unspecified atom stereocenters. The summed E-state index contributed by atoms with van der Waals surface area (Å²) in [6.07, 6.45) is -0.210. The topological polar surface area (TPSA) is 63.7 Å². The van der Waals surface area contributed by atoms with Crippen molar-refractivity contribution in [2.75, 3.05) is 18.6 Å². The number of ether oxygens (including phenoxy) is 1. The summed E-state index contributed by atoms with van der Waals surface area (Å²) in [6, 6.07) is 3.62. The van der Waals surface area contributed by atoms with Gasteiger partial charge < -0.3 is 9.64 Å². The molecule has 1 saturated heterocycles. The maximum Gasteiger partial charge on any atom is 0.337 e. The third-order valence-corrected chi connectivity index (χ3v) is 2.64. The van der Waals surface area contributed by atoms with Crippen LogP contribution in [0.4, 0.5) is 10.1 Å². The number of hydrogen-bond donors (Lipinski definition) is 0. The Morgan fingerprint density at radius 1 is 1.39 bits per heavy atom. The molecule has 1 aromatic rings. The molecular weight excluding hydrogens is 241 g/mol. The number of carbonyl (C=O) groups excluding carboxylic acids is 3. The minimum absolute atomic E-state index is 0.00139. The second kappa shape index (κ2) is 4.56. The van der Waals surface area contributed by atoms with Crippen molar-refractivity contribution in [3.05, 3.63) is 29.6 Å². The monoisotopic (exact) mass is 251 g/mol. The van der Waals surface area contributed by atoms with Gasteiger partial charge in [-0.05, 0) is 18.2 Å². The van der Waals surface area contributed by atoms with E-state index in [0.717, 1.165) is 11.0 Å². The quantitative estimate of drug-likeness (QED) is 0.579. The Balaban J connectivity index is 2.33. The van der Waals surface area contributed by atoms with Gasteiger partial charge in [0.15, 0.2) is 5.78 Å². The normalized spacial score (nSPS) is 15.1. The molecule has 0 radical (unpaired) electrons. The van der Waals surface area contributed by atoms with Gasteiger partial charge in [0, 0.05) is 0 Å². The third kappa shape index (κ3) is 2.09. The number of methoxy groups -OCH3 is 1. The lowest BCUT2D eigenvalue weighted by Crippen LogP contribution is -2.25. The van der Waals surface area contributed by atoms with Gasteiger partial charge in [0.05, 0.1) is 31.3 Å². The lowest BCUT2D eigenvalue weighted by molar-refractivity contribution is -0.121. The molecule has 2 rings (SSSR count). The summed E-state index contributed by atoms with van der Waals surface area (Å²) >= 11 is 0. The Labute approximate surface area is 102 Å². The van der Waals surface area contributed by atoms with Crippen LogP contribution in [0.5, 0.6) is 0 Å². The summed E-state index contributed by atoms with van der Waals surface area (Å²) in [7, 11) is 1.19. The molecule has 1 fully saturated rings. The molecule has 0 saturated carbocycles. The summed E-state index contributed by atoms with van der Waals surface area (Å²) in [6.45, 7) is -0.132. The maximum absolute atomic E-state index is 13.8. The van der Waals surface area contributed by atoms with Gasteiger partial charge in [-0.25, -0.2) is 9.18 Å². The van der Waals surface area contributed by atoms with Gasteiger partial charge >= 0.3 is 5.97 Å². The van der Waals surface area contributed by atoms with Crippen LogP contribution < -0.4 is 4.90 Å². The molecule has 0 N–H and O–H groups in total. The Morgan fingerprint density at radius 2 is 2.11 bits per heavy atom. The highest BCUT2D eigenvalue weighted by Gasteiger charge is 2.30. The van der Waals surface area contributed by atoms with Crippen molar-refractivity contribution in [2.24, 2.45) is 0 Å². The molecule has 5 nitrogen and oxygen atoms in total. The van der Waals surface area contributed by atoms with E-state index in [0.29, 0.717) is 0 Å². The number of amides is 1. The Kier molecular flexibility index (Phi) is 3.10. The number of ketones is 1. The van der Waals surface area contributed by atoms with E-state index in [2.05, 4.69) is 4.74 Å². The Hall–Kier alpha value is -2.24. The number of benzene rings is 1. The summed E-state index contributed by atoms with van der Waals surface area (Å²) < 4.78 is 18.2. The minimum atomic E-state index is -0.735. The van der Waals surface area contributed by atoms with Crippen LogP contribution >= 0.6 is 0 Å². The van der Waals surface area contributed by atoms with Gasteiger partial charge in [-0.1, -0.05) is 0 Å². The molecule has 1 heterocycles. The van der Waals surface area contributed by atoms with Crippen molar-refractivity contribution >= 4 is 23.3 Å². The van der Waals surface area contributed by atoms with E-state index in [1.54, 1.807) is 0 Å². The molecule has 0 aromatic heterocycles. The number of halogens is 1. The molecule has 1 aromatic carbocycles. The van der Waals surface area contributed by atoms with Crippen LogP contribution in [-0.2, 0) is 14.3 Å². The smallest absolute Gasteiger partial charge is 0.337 e. The fraction of sp³-hybridized carbons (Fsp3) is 0.250. The van der Waals surface area contributed by atoms with Crippen LogP contribution in [0.1, 0.15) is 16.8 Å². The number of carbonyl (C=O) groups is 3. The first kappa shape index (κ1) is 12.2. The molecule has 0 spiro atoms. The highest BCUT2D eigenvalue weighted by Crippen LogP contribution is 2.24. The van der Waals surface area contributed by atoms with Gasteiger partial charge in [-0.15, -0.1) is 0 Å². The molecule has 1 amide bonds. The van der Waals surface area contributed by atoms with Crippen LogP contribution in [0, 0.1) is 5.82 Å². The largest absolute Gasteiger partial charge is 0.465 e. The zero-order valence-electron chi connectivity index (χ0n) is 9.60. The van der Waals surface area contributed by atoms with E-state index >= 15 is 0 Å². The minimum Gasteiger partial charge on any atom is -0.465 e. The molecule has 1 aliphatic heterocycles. The van der Waals surface area contributed by atoms with Crippen molar-refractivity contribution in [3.63, 3.8) is 0 Å². The van der Waals surface area contributed by atoms with Crippen molar-refractivity contribution in [1.29, 1.82) is 0 Å². The zero-order chi connectivity index (χ0) is 13.3. The molecule has 0 aliphatic carbocycles. The van der Waals surface area contributed by atoms with Crippen molar-refractivity contribution < 1.29 is 23.5 Å². The standard InChI is InChI=1S/C12H10FNO4/c1-18-12(17)7-2-3-10(9(13)4-7)14-6-8(15)5-11(14)16/h2-4H,5-6H2,1H3. The van der Waals surface area contributed by atoms with E-state index in [1.165, 1.54) is 19.2 Å². The molecule has 94 valence electrons.